The van der Waals surface area contributed by atoms with Crippen LogP contribution in [0.3, 0.4) is 0 Å². The van der Waals surface area contributed by atoms with E-state index in [1.165, 1.54) is 5.56 Å². The number of aromatic hydroxyl groups is 2. The van der Waals surface area contributed by atoms with E-state index in [9.17, 15) is 10.2 Å². The van der Waals surface area contributed by atoms with Crippen molar-refractivity contribution in [3.8, 4) is 11.5 Å². The van der Waals surface area contributed by atoms with Crippen molar-refractivity contribution in [1.29, 1.82) is 0 Å². The van der Waals surface area contributed by atoms with Crippen molar-refractivity contribution in [2.75, 3.05) is 5.32 Å². The summed E-state index contributed by atoms with van der Waals surface area (Å²) in [5, 5.41) is 23.9. The van der Waals surface area contributed by atoms with Gasteiger partial charge in [-0.1, -0.05) is 24.3 Å². The monoisotopic (exact) mass is 267 g/mol. The lowest BCUT2D eigenvalue weighted by atomic mass is 9.81. The first-order valence-electron chi connectivity index (χ1n) is 7.10. The van der Waals surface area contributed by atoms with Crippen LogP contribution in [0.1, 0.15) is 29.5 Å². The Balaban J connectivity index is 1.85. The van der Waals surface area contributed by atoms with Crippen LogP contribution in [0.25, 0.3) is 0 Å². The predicted octanol–water partition coefficient (Wildman–Crippen LogP) is 3.30. The lowest BCUT2D eigenvalue weighted by Crippen LogP contribution is -2.37. The third-order valence-corrected chi connectivity index (χ3v) is 4.74. The fourth-order valence-corrected chi connectivity index (χ4v) is 3.78. The van der Waals surface area contributed by atoms with E-state index < -0.39 is 0 Å². The van der Waals surface area contributed by atoms with E-state index in [0.29, 0.717) is 11.5 Å². The molecule has 3 nitrogen and oxygen atoms in total. The molecule has 1 heterocycles. The van der Waals surface area contributed by atoms with Crippen molar-refractivity contribution in [2.24, 2.45) is 0 Å². The van der Waals surface area contributed by atoms with Gasteiger partial charge in [-0.2, -0.15) is 0 Å². The molecule has 0 bridgehead atoms. The van der Waals surface area contributed by atoms with Crippen LogP contribution in [0.4, 0.5) is 5.69 Å². The molecule has 0 saturated carbocycles. The van der Waals surface area contributed by atoms with E-state index in [1.807, 2.05) is 12.1 Å². The molecule has 102 valence electrons. The molecule has 2 aromatic carbocycles. The van der Waals surface area contributed by atoms with Gasteiger partial charge in [0.05, 0.1) is 11.2 Å². The molecule has 0 radical (unpaired) electrons. The number of aryl methyl sites for hydroxylation is 2. The zero-order valence-corrected chi connectivity index (χ0v) is 11.2. The lowest BCUT2D eigenvalue weighted by Gasteiger charge is -2.38. The Labute approximate surface area is 117 Å². The summed E-state index contributed by atoms with van der Waals surface area (Å²) in [5.74, 6) is 0.664. The molecular weight excluding hydrogens is 250 g/mol. The first-order chi connectivity index (χ1) is 9.70. The standard InChI is InChI=1S/C17H17NO2/c19-13-5-1-3-11-7-9-17(15(11)13)10-8-12-4-2-6-14(20)16(12)18-17/h1-6,18-20H,7-10H2/t17-/m0/s1. The summed E-state index contributed by atoms with van der Waals surface area (Å²) in [6.45, 7) is 0. The number of para-hydroxylation sites is 1. The number of rotatable bonds is 0. The Morgan fingerprint density at radius 2 is 1.50 bits per heavy atom. The summed E-state index contributed by atoms with van der Waals surface area (Å²) < 4.78 is 0. The second-order valence-electron chi connectivity index (χ2n) is 5.83. The maximum absolute atomic E-state index is 10.3. The van der Waals surface area contributed by atoms with E-state index >= 15 is 0 Å². The summed E-state index contributed by atoms with van der Waals surface area (Å²) in [6, 6.07) is 11.4. The molecule has 0 fully saturated rings. The maximum Gasteiger partial charge on any atom is 0.138 e. The van der Waals surface area contributed by atoms with E-state index in [4.69, 9.17) is 0 Å². The van der Waals surface area contributed by atoms with Gasteiger partial charge in [-0.15, -0.1) is 0 Å². The van der Waals surface area contributed by atoms with Gasteiger partial charge in [0.15, 0.2) is 0 Å². The van der Waals surface area contributed by atoms with E-state index in [1.54, 1.807) is 12.1 Å². The van der Waals surface area contributed by atoms with Crippen molar-refractivity contribution in [3.63, 3.8) is 0 Å². The fraction of sp³-hybridized carbons (Fsp3) is 0.294. The van der Waals surface area contributed by atoms with E-state index in [2.05, 4.69) is 17.4 Å². The number of hydrogen-bond acceptors (Lipinski definition) is 3. The molecule has 0 aromatic heterocycles. The second-order valence-corrected chi connectivity index (χ2v) is 5.83. The minimum Gasteiger partial charge on any atom is -0.508 e. The molecule has 20 heavy (non-hydrogen) atoms. The molecule has 2 aromatic rings. The minimum atomic E-state index is -0.230. The van der Waals surface area contributed by atoms with Crippen LogP contribution >= 0.6 is 0 Å². The second kappa shape index (κ2) is 3.92. The van der Waals surface area contributed by atoms with Gasteiger partial charge in [-0.3, -0.25) is 0 Å². The topological polar surface area (TPSA) is 52.5 Å². The van der Waals surface area contributed by atoms with Crippen LogP contribution < -0.4 is 5.32 Å². The van der Waals surface area contributed by atoms with Gasteiger partial charge in [-0.25, -0.2) is 0 Å². The van der Waals surface area contributed by atoms with Gasteiger partial charge in [-0.05, 0) is 48.9 Å². The smallest absolute Gasteiger partial charge is 0.138 e. The molecule has 0 saturated heterocycles. The van der Waals surface area contributed by atoms with Crippen LogP contribution in [0.15, 0.2) is 36.4 Å². The molecule has 4 rings (SSSR count). The summed E-state index contributed by atoms with van der Waals surface area (Å²) in [7, 11) is 0. The molecule has 0 unspecified atom stereocenters. The number of nitrogens with one attached hydrogen (secondary N) is 1. The Morgan fingerprint density at radius 3 is 2.30 bits per heavy atom. The number of phenols is 2. The summed E-state index contributed by atoms with van der Waals surface area (Å²) in [6.07, 6.45) is 3.81. The van der Waals surface area contributed by atoms with Gasteiger partial charge < -0.3 is 15.5 Å². The average Bonchev–Trinajstić information content (AvgIpc) is 2.80. The van der Waals surface area contributed by atoms with Crippen LogP contribution in [0.2, 0.25) is 0 Å². The molecule has 2 aliphatic rings. The first-order valence-corrected chi connectivity index (χ1v) is 7.10. The lowest BCUT2D eigenvalue weighted by molar-refractivity contribution is 0.395. The molecule has 1 atom stereocenters. The molecular formula is C17H17NO2. The zero-order chi connectivity index (χ0) is 13.7. The van der Waals surface area contributed by atoms with Crippen LogP contribution in [-0.4, -0.2) is 10.2 Å². The van der Waals surface area contributed by atoms with Crippen LogP contribution in [0, 0.1) is 0 Å². The third-order valence-electron chi connectivity index (χ3n) is 4.74. The highest BCUT2D eigenvalue weighted by Gasteiger charge is 2.43. The highest BCUT2D eigenvalue weighted by Crippen LogP contribution is 2.50. The fourth-order valence-electron chi connectivity index (χ4n) is 3.78. The molecule has 3 heteroatoms. The number of benzene rings is 2. The van der Waals surface area contributed by atoms with E-state index in [-0.39, 0.29) is 5.54 Å². The number of anilines is 1. The highest BCUT2D eigenvalue weighted by molar-refractivity contribution is 5.67. The van der Waals surface area contributed by atoms with Crippen LogP contribution in [-0.2, 0) is 18.4 Å². The van der Waals surface area contributed by atoms with Crippen molar-refractivity contribution in [2.45, 2.75) is 31.2 Å². The van der Waals surface area contributed by atoms with Gasteiger partial charge in [0.25, 0.3) is 0 Å². The van der Waals surface area contributed by atoms with Gasteiger partial charge in [0.2, 0.25) is 0 Å². The largest absolute Gasteiger partial charge is 0.508 e. The highest BCUT2D eigenvalue weighted by atomic mass is 16.3. The SMILES string of the molecule is Oc1cccc2c1N[C@]1(CC2)CCc2cccc(O)c21. The van der Waals surface area contributed by atoms with Crippen molar-refractivity contribution in [1.82, 2.24) is 0 Å². The van der Waals surface area contributed by atoms with Gasteiger partial charge in [0, 0.05) is 5.56 Å². The normalized spacial score (nSPS) is 23.2. The molecule has 1 aliphatic carbocycles. The first kappa shape index (κ1) is 11.6. The predicted molar refractivity (Wildman–Crippen MR) is 78.2 cm³/mol. The number of fused-ring (bicyclic) bond motifs is 3. The Bertz CT molecular complexity index is 695. The number of hydrogen-bond donors (Lipinski definition) is 3. The number of phenolic OH excluding ortho intramolecular Hbond substituents is 2. The molecule has 1 aliphatic heterocycles. The Hall–Kier alpha value is -2.16. The Kier molecular flexibility index (Phi) is 2.28. The van der Waals surface area contributed by atoms with E-state index in [0.717, 1.165) is 42.5 Å². The minimum absolute atomic E-state index is 0.230. The summed E-state index contributed by atoms with van der Waals surface area (Å²) in [4.78, 5) is 0. The molecule has 0 amide bonds. The van der Waals surface area contributed by atoms with Crippen molar-refractivity contribution in [3.05, 3.63) is 53.1 Å². The Morgan fingerprint density at radius 1 is 0.850 bits per heavy atom. The van der Waals surface area contributed by atoms with Crippen LogP contribution in [0.5, 0.6) is 11.5 Å². The third kappa shape index (κ3) is 1.46. The van der Waals surface area contributed by atoms with Crippen molar-refractivity contribution < 1.29 is 10.2 Å². The molecule has 1 spiro atoms. The summed E-state index contributed by atoms with van der Waals surface area (Å²) in [5.41, 5.74) is 3.99. The maximum atomic E-state index is 10.3. The zero-order valence-electron chi connectivity index (χ0n) is 11.2. The van der Waals surface area contributed by atoms with Crippen molar-refractivity contribution >= 4 is 5.69 Å². The summed E-state index contributed by atoms with van der Waals surface area (Å²) >= 11 is 0. The average molecular weight is 267 g/mol. The molecule has 3 N–H and O–H groups in total. The van der Waals surface area contributed by atoms with Gasteiger partial charge in [0.1, 0.15) is 11.5 Å². The van der Waals surface area contributed by atoms with Gasteiger partial charge >= 0.3 is 0 Å². The quantitative estimate of drug-likeness (QED) is 0.642.